The summed E-state index contributed by atoms with van der Waals surface area (Å²) >= 11 is 0. The van der Waals surface area contributed by atoms with E-state index in [1.807, 2.05) is 42.5 Å². The van der Waals surface area contributed by atoms with Crippen molar-refractivity contribution in [2.45, 2.75) is 45.3 Å². The van der Waals surface area contributed by atoms with Gasteiger partial charge in [0.05, 0.1) is 31.3 Å². The van der Waals surface area contributed by atoms with Gasteiger partial charge in [-0.3, -0.25) is 4.90 Å². The van der Waals surface area contributed by atoms with E-state index in [4.69, 9.17) is 19.4 Å². The van der Waals surface area contributed by atoms with Crippen LogP contribution in [0.1, 0.15) is 42.8 Å². The van der Waals surface area contributed by atoms with Crippen molar-refractivity contribution in [2.24, 2.45) is 0 Å². The smallest absolute Gasteiger partial charge is 0.223 e. The Morgan fingerprint density at radius 3 is 2.49 bits per heavy atom. The SMILES string of the molecule is CCCN(Cc1cccc(OC)c1)C[C@@H]1CCc2nc(-c3ccc(F)cc3)c(-c3ccnc(NCc4ccc(OC)cc4)n3)n21. The second-order valence-electron chi connectivity index (χ2n) is 11.3. The lowest BCUT2D eigenvalue weighted by Crippen LogP contribution is -2.30. The van der Waals surface area contributed by atoms with Crippen LogP contribution in [0.4, 0.5) is 10.3 Å². The Morgan fingerprint density at radius 1 is 0.933 bits per heavy atom. The van der Waals surface area contributed by atoms with Gasteiger partial charge in [0.25, 0.3) is 0 Å². The number of imidazole rings is 1. The molecule has 0 radical (unpaired) electrons. The summed E-state index contributed by atoms with van der Waals surface area (Å²) in [5.74, 6) is 2.97. The average molecular weight is 607 g/mol. The number of halogens is 1. The fraction of sp³-hybridized carbons (Fsp3) is 0.306. The van der Waals surface area contributed by atoms with E-state index in [9.17, 15) is 4.39 Å². The molecule has 3 aromatic carbocycles. The molecule has 0 saturated carbocycles. The lowest BCUT2D eigenvalue weighted by molar-refractivity contribution is 0.227. The van der Waals surface area contributed by atoms with E-state index < -0.39 is 0 Å². The molecule has 232 valence electrons. The van der Waals surface area contributed by atoms with Crippen molar-refractivity contribution < 1.29 is 13.9 Å². The zero-order valence-corrected chi connectivity index (χ0v) is 26.0. The van der Waals surface area contributed by atoms with Crippen molar-refractivity contribution in [1.29, 1.82) is 0 Å². The molecule has 1 aliphatic rings. The Morgan fingerprint density at radius 2 is 1.73 bits per heavy atom. The second kappa shape index (κ2) is 13.9. The highest BCUT2D eigenvalue weighted by Crippen LogP contribution is 2.40. The van der Waals surface area contributed by atoms with E-state index >= 15 is 0 Å². The number of anilines is 1. The second-order valence-corrected chi connectivity index (χ2v) is 11.3. The molecule has 1 N–H and O–H groups in total. The third kappa shape index (κ3) is 6.99. The third-order valence-corrected chi connectivity index (χ3v) is 8.23. The summed E-state index contributed by atoms with van der Waals surface area (Å²) in [5.41, 5.74) is 5.70. The maximum absolute atomic E-state index is 13.9. The summed E-state index contributed by atoms with van der Waals surface area (Å²) in [4.78, 5) is 17.1. The minimum atomic E-state index is -0.273. The van der Waals surface area contributed by atoms with Crippen LogP contribution in [-0.2, 0) is 19.5 Å². The van der Waals surface area contributed by atoms with Crippen molar-refractivity contribution in [3.8, 4) is 34.1 Å². The van der Waals surface area contributed by atoms with Crippen LogP contribution in [0.15, 0.2) is 85.1 Å². The minimum Gasteiger partial charge on any atom is -0.497 e. The predicted molar refractivity (Wildman–Crippen MR) is 175 cm³/mol. The Balaban J connectivity index is 1.32. The lowest BCUT2D eigenvalue weighted by Gasteiger charge is -2.27. The maximum atomic E-state index is 13.9. The summed E-state index contributed by atoms with van der Waals surface area (Å²) in [6.07, 6.45) is 4.69. The van der Waals surface area contributed by atoms with E-state index in [1.165, 1.54) is 17.7 Å². The minimum absolute atomic E-state index is 0.208. The summed E-state index contributed by atoms with van der Waals surface area (Å²) < 4.78 is 27.1. The zero-order chi connectivity index (χ0) is 31.2. The van der Waals surface area contributed by atoms with Gasteiger partial charge >= 0.3 is 0 Å². The Bertz CT molecular complexity index is 1720. The topological polar surface area (TPSA) is 77.3 Å². The molecule has 0 amide bonds. The third-order valence-electron chi connectivity index (χ3n) is 8.23. The molecule has 6 rings (SSSR count). The van der Waals surface area contributed by atoms with Gasteiger partial charge < -0.3 is 19.4 Å². The summed E-state index contributed by atoms with van der Waals surface area (Å²) in [5, 5.41) is 3.37. The molecular weight excluding hydrogens is 567 g/mol. The number of fused-ring (bicyclic) bond motifs is 1. The molecule has 8 nitrogen and oxygen atoms in total. The first-order valence-electron chi connectivity index (χ1n) is 15.5. The van der Waals surface area contributed by atoms with Gasteiger partial charge in [0.1, 0.15) is 23.1 Å². The van der Waals surface area contributed by atoms with Gasteiger partial charge in [-0.2, -0.15) is 0 Å². The standard InChI is InChI=1S/C36H39FN6O2/c1-4-20-42(23-26-6-5-7-31(21-26)45-3)24-29-14-17-33-41-34(27-10-12-28(37)13-11-27)35(43(29)33)32-18-19-38-36(40-32)39-22-25-8-15-30(44-2)16-9-25/h5-13,15-16,18-19,21,29H,4,14,17,20,22-24H2,1-3H3,(H,38,39,40)/t29-/m0/s1. The lowest BCUT2D eigenvalue weighted by atomic mass is 10.1. The van der Waals surface area contributed by atoms with Crippen molar-refractivity contribution in [3.05, 3.63) is 108 Å². The molecular formula is C36H39FN6O2. The monoisotopic (exact) mass is 606 g/mol. The van der Waals surface area contributed by atoms with E-state index in [0.29, 0.717) is 12.5 Å². The summed E-state index contributed by atoms with van der Waals surface area (Å²) in [6.45, 7) is 5.47. The first kappa shape index (κ1) is 30.3. The quantitative estimate of drug-likeness (QED) is 0.152. The van der Waals surface area contributed by atoms with Crippen molar-refractivity contribution in [3.63, 3.8) is 0 Å². The molecule has 3 heterocycles. The number of rotatable bonds is 13. The highest BCUT2D eigenvalue weighted by atomic mass is 19.1. The van der Waals surface area contributed by atoms with Gasteiger partial charge in [-0.1, -0.05) is 31.2 Å². The van der Waals surface area contributed by atoms with Crippen LogP contribution in [0.5, 0.6) is 11.5 Å². The Hall–Kier alpha value is -4.76. The number of benzene rings is 3. The molecule has 0 bridgehead atoms. The maximum Gasteiger partial charge on any atom is 0.223 e. The molecule has 2 aromatic heterocycles. The largest absolute Gasteiger partial charge is 0.497 e. The number of nitrogens with one attached hydrogen (secondary N) is 1. The van der Waals surface area contributed by atoms with Crippen molar-refractivity contribution in [1.82, 2.24) is 24.4 Å². The Labute approximate surface area is 263 Å². The molecule has 0 saturated heterocycles. The van der Waals surface area contributed by atoms with E-state index in [1.54, 1.807) is 32.5 Å². The number of methoxy groups -OCH3 is 2. The van der Waals surface area contributed by atoms with Crippen LogP contribution in [0.25, 0.3) is 22.6 Å². The van der Waals surface area contributed by atoms with E-state index in [2.05, 4.69) is 38.8 Å². The van der Waals surface area contributed by atoms with Crippen molar-refractivity contribution in [2.75, 3.05) is 32.6 Å². The number of aryl methyl sites for hydroxylation is 1. The molecule has 45 heavy (non-hydrogen) atoms. The van der Waals surface area contributed by atoms with Crippen LogP contribution in [-0.4, -0.2) is 51.7 Å². The number of hydrogen-bond donors (Lipinski definition) is 1. The van der Waals surface area contributed by atoms with Crippen LogP contribution in [0, 0.1) is 5.82 Å². The van der Waals surface area contributed by atoms with Crippen LogP contribution < -0.4 is 14.8 Å². The van der Waals surface area contributed by atoms with Gasteiger partial charge in [-0.05, 0) is 85.1 Å². The first-order chi connectivity index (χ1) is 22.0. The Kier molecular flexibility index (Phi) is 9.35. The number of aromatic nitrogens is 4. The van der Waals surface area contributed by atoms with E-state index in [-0.39, 0.29) is 11.9 Å². The zero-order valence-electron chi connectivity index (χ0n) is 26.0. The number of nitrogens with zero attached hydrogens (tertiary/aromatic N) is 5. The van der Waals surface area contributed by atoms with Gasteiger partial charge in [-0.25, -0.2) is 19.3 Å². The fourth-order valence-electron chi connectivity index (χ4n) is 6.08. The molecule has 0 fully saturated rings. The van der Waals surface area contributed by atoms with Crippen molar-refractivity contribution >= 4 is 5.95 Å². The molecule has 0 unspecified atom stereocenters. The summed E-state index contributed by atoms with van der Waals surface area (Å²) in [6, 6.07) is 24.9. The van der Waals surface area contributed by atoms with Gasteiger partial charge in [0, 0.05) is 43.9 Å². The van der Waals surface area contributed by atoms with Gasteiger partial charge in [-0.15, -0.1) is 0 Å². The van der Waals surface area contributed by atoms with E-state index in [0.717, 1.165) is 84.4 Å². The first-order valence-corrected chi connectivity index (χ1v) is 15.5. The highest BCUT2D eigenvalue weighted by Gasteiger charge is 2.32. The molecule has 1 atom stereocenters. The molecule has 0 spiro atoms. The predicted octanol–water partition coefficient (Wildman–Crippen LogP) is 7.18. The molecule has 0 aliphatic carbocycles. The van der Waals surface area contributed by atoms with Crippen LogP contribution >= 0.6 is 0 Å². The van der Waals surface area contributed by atoms with Gasteiger partial charge in [0.15, 0.2) is 0 Å². The fourth-order valence-corrected chi connectivity index (χ4v) is 6.08. The summed E-state index contributed by atoms with van der Waals surface area (Å²) in [7, 11) is 3.36. The molecule has 1 aliphatic heterocycles. The highest BCUT2D eigenvalue weighted by molar-refractivity contribution is 5.78. The van der Waals surface area contributed by atoms with Crippen LogP contribution in [0.2, 0.25) is 0 Å². The molecule has 9 heteroatoms. The number of hydrogen-bond acceptors (Lipinski definition) is 7. The normalized spacial score (nSPS) is 14.0. The van der Waals surface area contributed by atoms with Crippen LogP contribution in [0.3, 0.4) is 0 Å². The average Bonchev–Trinajstić information content (AvgIpc) is 3.64. The van der Waals surface area contributed by atoms with Gasteiger partial charge in [0.2, 0.25) is 5.95 Å². The molecule has 5 aromatic rings. The number of ether oxygens (including phenoxy) is 2.